The molecule has 0 saturated carbocycles. The summed E-state index contributed by atoms with van der Waals surface area (Å²) in [5.41, 5.74) is 1.39. The molecule has 2 aliphatic heterocycles. The molecule has 1 N–H and O–H groups in total. The number of hydrogen-bond acceptors (Lipinski definition) is 4. The fourth-order valence-electron chi connectivity index (χ4n) is 3.85. The lowest BCUT2D eigenvalue weighted by Crippen LogP contribution is -2.45. The first kappa shape index (κ1) is 17.9. The number of nitrogens with zero attached hydrogens (tertiary/aromatic N) is 1. The molecule has 1 aromatic carbocycles. The second-order valence-electron chi connectivity index (χ2n) is 7.16. The molecule has 2 fully saturated rings. The first-order valence-electron chi connectivity index (χ1n) is 9.46. The van der Waals surface area contributed by atoms with Crippen molar-refractivity contribution in [1.29, 1.82) is 0 Å². The molecular formula is C20H31NO3. The molecule has 0 spiro atoms. The van der Waals surface area contributed by atoms with E-state index in [1.165, 1.54) is 24.8 Å². The van der Waals surface area contributed by atoms with E-state index >= 15 is 0 Å². The topological polar surface area (TPSA) is 41.9 Å². The number of aliphatic hydroxyl groups excluding tert-OH is 1. The van der Waals surface area contributed by atoms with Crippen LogP contribution in [0.15, 0.2) is 30.3 Å². The predicted molar refractivity (Wildman–Crippen MR) is 95.2 cm³/mol. The number of hydrogen-bond donors (Lipinski definition) is 1. The lowest BCUT2D eigenvalue weighted by atomic mass is 9.95. The number of ether oxygens (including phenoxy) is 2. The highest BCUT2D eigenvalue weighted by molar-refractivity contribution is 5.16. The minimum Gasteiger partial charge on any atom is -0.389 e. The summed E-state index contributed by atoms with van der Waals surface area (Å²) in [7, 11) is 0. The van der Waals surface area contributed by atoms with Crippen LogP contribution in [0, 0.1) is 0 Å². The molecule has 4 nitrogen and oxygen atoms in total. The van der Waals surface area contributed by atoms with Gasteiger partial charge in [-0.15, -0.1) is 0 Å². The monoisotopic (exact) mass is 333 g/mol. The Morgan fingerprint density at radius 1 is 1.17 bits per heavy atom. The van der Waals surface area contributed by atoms with Gasteiger partial charge in [-0.3, -0.25) is 4.90 Å². The Balaban J connectivity index is 1.42. The number of β-amino-alcohol motifs (C(OH)–C–C–N with tert-alkyl or cyclic N) is 1. The molecule has 0 aromatic heterocycles. The quantitative estimate of drug-likeness (QED) is 0.794. The Morgan fingerprint density at radius 2 is 2.04 bits per heavy atom. The average Bonchev–Trinajstić information content (AvgIpc) is 3.11. The number of piperidine rings is 1. The Morgan fingerprint density at radius 3 is 2.83 bits per heavy atom. The van der Waals surface area contributed by atoms with Crippen LogP contribution in [0.25, 0.3) is 0 Å². The molecule has 4 heteroatoms. The molecule has 3 unspecified atom stereocenters. The molecular weight excluding hydrogens is 302 g/mol. The van der Waals surface area contributed by atoms with Gasteiger partial charge in [0.25, 0.3) is 0 Å². The molecule has 2 aliphatic rings. The third-order valence-electron chi connectivity index (χ3n) is 5.15. The van der Waals surface area contributed by atoms with Crippen LogP contribution in [0.3, 0.4) is 0 Å². The largest absolute Gasteiger partial charge is 0.389 e. The molecule has 3 rings (SSSR count). The lowest BCUT2D eigenvalue weighted by Gasteiger charge is -2.37. The maximum absolute atomic E-state index is 10.4. The van der Waals surface area contributed by atoms with Gasteiger partial charge in [0.05, 0.1) is 25.4 Å². The SMILES string of the molecule is OC(COCC1CCCO1)CN1CCCCC1Cc1ccccc1. The summed E-state index contributed by atoms with van der Waals surface area (Å²) < 4.78 is 11.2. The summed E-state index contributed by atoms with van der Waals surface area (Å²) >= 11 is 0. The summed E-state index contributed by atoms with van der Waals surface area (Å²) in [5, 5.41) is 10.4. The van der Waals surface area contributed by atoms with E-state index in [2.05, 4.69) is 35.2 Å². The van der Waals surface area contributed by atoms with Crippen molar-refractivity contribution in [2.75, 3.05) is 32.9 Å². The fraction of sp³-hybridized carbons (Fsp3) is 0.700. The molecule has 3 atom stereocenters. The predicted octanol–water partition coefficient (Wildman–Crippen LogP) is 2.64. The Hall–Kier alpha value is -0.940. The first-order valence-corrected chi connectivity index (χ1v) is 9.46. The van der Waals surface area contributed by atoms with Crippen LogP contribution in [-0.2, 0) is 15.9 Å². The second-order valence-corrected chi connectivity index (χ2v) is 7.16. The maximum atomic E-state index is 10.4. The summed E-state index contributed by atoms with van der Waals surface area (Å²) in [6, 6.07) is 11.2. The normalized spacial score (nSPS) is 26.5. The summed E-state index contributed by atoms with van der Waals surface area (Å²) in [6.45, 7) is 3.67. The van der Waals surface area contributed by atoms with Crippen molar-refractivity contribution in [2.24, 2.45) is 0 Å². The van der Waals surface area contributed by atoms with Gasteiger partial charge in [-0.2, -0.15) is 0 Å². The molecule has 134 valence electrons. The van der Waals surface area contributed by atoms with Crippen LogP contribution in [0.4, 0.5) is 0 Å². The van der Waals surface area contributed by atoms with E-state index in [0.29, 0.717) is 25.8 Å². The molecule has 1 aromatic rings. The highest BCUT2D eigenvalue weighted by atomic mass is 16.5. The Labute approximate surface area is 145 Å². The number of likely N-dealkylation sites (tertiary alicyclic amines) is 1. The fourth-order valence-corrected chi connectivity index (χ4v) is 3.85. The van der Waals surface area contributed by atoms with Crippen molar-refractivity contribution < 1.29 is 14.6 Å². The van der Waals surface area contributed by atoms with E-state index in [1.54, 1.807) is 0 Å². The van der Waals surface area contributed by atoms with Gasteiger partial charge in [0.1, 0.15) is 0 Å². The zero-order valence-corrected chi connectivity index (χ0v) is 14.6. The highest BCUT2D eigenvalue weighted by Crippen LogP contribution is 2.21. The number of rotatable bonds is 8. The van der Waals surface area contributed by atoms with Crippen LogP contribution in [0.2, 0.25) is 0 Å². The van der Waals surface area contributed by atoms with Crippen LogP contribution < -0.4 is 0 Å². The molecule has 0 radical (unpaired) electrons. The Bertz CT molecular complexity index is 461. The summed E-state index contributed by atoms with van der Waals surface area (Å²) in [5.74, 6) is 0. The molecule has 2 saturated heterocycles. The smallest absolute Gasteiger partial charge is 0.0900 e. The van der Waals surface area contributed by atoms with Crippen molar-refractivity contribution in [2.45, 2.75) is 56.8 Å². The molecule has 0 bridgehead atoms. The van der Waals surface area contributed by atoms with Gasteiger partial charge in [-0.25, -0.2) is 0 Å². The molecule has 2 heterocycles. The van der Waals surface area contributed by atoms with Gasteiger partial charge >= 0.3 is 0 Å². The van der Waals surface area contributed by atoms with Crippen molar-refractivity contribution in [3.05, 3.63) is 35.9 Å². The van der Waals surface area contributed by atoms with E-state index in [9.17, 15) is 5.11 Å². The average molecular weight is 333 g/mol. The minimum atomic E-state index is -0.414. The van der Waals surface area contributed by atoms with Crippen molar-refractivity contribution in [3.63, 3.8) is 0 Å². The van der Waals surface area contributed by atoms with Crippen LogP contribution >= 0.6 is 0 Å². The summed E-state index contributed by atoms with van der Waals surface area (Å²) in [4.78, 5) is 2.45. The maximum Gasteiger partial charge on any atom is 0.0900 e. The number of aliphatic hydroxyl groups is 1. The Kier molecular flexibility index (Phi) is 7.09. The van der Waals surface area contributed by atoms with Gasteiger partial charge in [0, 0.05) is 19.2 Å². The van der Waals surface area contributed by atoms with Gasteiger partial charge in [-0.1, -0.05) is 36.8 Å². The van der Waals surface area contributed by atoms with Gasteiger partial charge < -0.3 is 14.6 Å². The van der Waals surface area contributed by atoms with Crippen molar-refractivity contribution >= 4 is 0 Å². The standard InChI is InChI=1S/C20H31NO3/c22-19(15-23-16-20-10-6-12-24-20)14-21-11-5-4-9-18(21)13-17-7-2-1-3-8-17/h1-3,7-8,18-20,22H,4-6,9-16H2. The van der Waals surface area contributed by atoms with Gasteiger partial charge in [0.2, 0.25) is 0 Å². The van der Waals surface area contributed by atoms with Crippen LogP contribution in [0.1, 0.15) is 37.7 Å². The molecule has 24 heavy (non-hydrogen) atoms. The molecule has 0 amide bonds. The van der Waals surface area contributed by atoms with Crippen LogP contribution in [0.5, 0.6) is 0 Å². The van der Waals surface area contributed by atoms with Crippen LogP contribution in [-0.4, -0.2) is 61.2 Å². The highest BCUT2D eigenvalue weighted by Gasteiger charge is 2.25. The second kappa shape index (κ2) is 9.52. The van der Waals surface area contributed by atoms with Crippen molar-refractivity contribution in [3.8, 4) is 0 Å². The summed E-state index contributed by atoms with van der Waals surface area (Å²) in [6.07, 6.45) is 6.85. The zero-order valence-electron chi connectivity index (χ0n) is 14.6. The van der Waals surface area contributed by atoms with E-state index < -0.39 is 6.10 Å². The van der Waals surface area contributed by atoms with E-state index in [1.807, 2.05) is 0 Å². The third-order valence-corrected chi connectivity index (χ3v) is 5.15. The molecule has 0 aliphatic carbocycles. The minimum absolute atomic E-state index is 0.234. The van der Waals surface area contributed by atoms with E-state index in [-0.39, 0.29) is 6.10 Å². The van der Waals surface area contributed by atoms with Gasteiger partial charge in [0.15, 0.2) is 0 Å². The lowest BCUT2D eigenvalue weighted by molar-refractivity contribution is -0.0312. The van der Waals surface area contributed by atoms with Crippen molar-refractivity contribution in [1.82, 2.24) is 4.90 Å². The zero-order chi connectivity index (χ0) is 16.6. The van der Waals surface area contributed by atoms with E-state index in [4.69, 9.17) is 9.47 Å². The van der Waals surface area contributed by atoms with Gasteiger partial charge in [-0.05, 0) is 44.2 Å². The number of benzene rings is 1. The third kappa shape index (κ3) is 5.55. The van der Waals surface area contributed by atoms with E-state index in [0.717, 1.165) is 32.4 Å². The first-order chi connectivity index (χ1) is 11.8.